The highest BCUT2D eigenvalue weighted by Gasteiger charge is 2.25. The first kappa shape index (κ1) is 55.7. The van der Waals surface area contributed by atoms with Gasteiger partial charge < -0.3 is 20.1 Å². The van der Waals surface area contributed by atoms with Crippen LogP contribution in [0.25, 0.3) is 0 Å². The zero-order valence-corrected chi connectivity index (χ0v) is 37.6. The fraction of sp³-hybridized carbons (Fsp3) is 0.592. The average Bonchev–Trinajstić information content (AvgIpc) is 3.22. The number of phosphoric ester groups is 1. The third kappa shape index (κ3) is 44.1. The molecule has 0 aliphatic carbocycles. The first-order chi connectivity index (χ1) is 28.8. The first-order valence-electron chi connectivity index (χ1n) is 22.4. The van der Waals surface area contributed by atoms with Crippen LogP contribution in [0, 0.1) is 0 Å². The summed E-state index contributed by atoms with van der Waals surface area (Å²) in [6.45, 7) is 3.48. The molecule has 0 bridgehead atoms. The predicted molar refractivity (Wildman–Crippen MR) is 247 cm³/mol. The number of nitrogens with two attached hydrogens (primary N) is 1. The number of allylic oxidation sites excluding steroid dienone is 18. The molecule has 10 heteroatoms. The third-order valence-electron chi connectivity index (χ3n) is 8.64. The number of hydrogen-bond acceptors (Lipinski definition) is 8. The van der Waals surface area contributed by atoms with Gasteiger partial charge in [0.25, 0.3) is 0 Å². The summed E-state index contributed by atoms with van der Waals surface area (Å²) >= 11 is 0. The highest BCUT2D eigenvalue weighted by Crippen LogP contribution is 2.43. The van der Waals surface area contributed by atoms with Gasteiger partial charge in [0.15, 0.2) is 6.10 Å². The van der Waals surface area contributed by atoms with Gasteiger partial charge in [-0.1, -0.05) is 155 Å². The van der Waals surface area contributed by atoms with Crippen LogP contribution in [0.3, 0.4) is 0 Å². The summed E-state index contributed by atoms with van der Waals surface area (Å²) in [6.07, 6.45) is 58.5. The third-order valence-corrected chi connectivity index (χ3v) is 9.63. The van der Waals surface area contributed by atoms with Crippen LogP contribution < -0.4 is 5.73 Å². The molecule has 0 rings (SSSR count). The van der Waals surface area contributed by atoms with E-state index in [2.05, 4.69) is 123 Å². The predicted octanol–water partition coefficient (Wildman–Crippen LogP) is 13.2. The average molecular weight is 842 g/mol. The van der Waals surface area contributed by atoms with Crippen molar-refractivity contribution < 1.29 is 37.6 Å². The summed E-state index contributed by atoms with van der Waals surface area (Å²) in [5.41, 5.74) is 5.34. The number of rotatable bonds is 40. The minimum absolute atomic E-state index is 0.0387. The van der Waals surface area contributed by atoms with Gasteiger partial charge in [0.05, 0.1) is 13.2 Å². The molecule has 0 aromatic heterocycles. The molecule has 0 saturated heterocycles. The molecule has 0 spiro atoms. The normalized spacial score (nSPS) is 14.3. The molecule has 0 fully saturated rings. The van der Waals surface area contributed by atoms with Gasteiger partial charge in [-0.05, 0) is 96.3 Å². The molecular formula is C49H80NO8P. The molecule has 0 aliphatic heterocycles. The lowest BCUT2D eigenvalue weighted by atomic mass is 10.1. The quantitative estimate of drug-likeness (QED) is 0.0267. The van der Waals surface area contributed by atoms with Crippen molar-refractivity contribution in [2.24, 2.45) is 5.73 Å². The molecule has 9 nitrogen and oxygen atoms in total. The van der Waals surface area contributed by atoms with Crippen LogP contribution in [0.15, 0.2) is 109 Å². The van der Waals surface area contributed by atoms with Crippen molar-refractivity contribution in [3.05, 3.63) is 109 Å². The summed E-state index contributed by atoms with van der Waals surface area (Å²) in [5.74, 6) is -0.904. The van der Waals surface area contributed by atoms with E-state index in [0.29, 0.717) is 12.8 Å². The highest BCUT2D eigenvalue weighted by molar-refractivity contribution is 7.47. The Morgan fingerprint density at radius 3 is 1.44 bits per heavy atom. The van der Waals surface area contributed by atoms with E-state index in [0.717, 1.165) is 103 Å². The van der Waals surface area contributed by atoms with Crippen LogP contribution in [0.5, 0.6) is 0 Å². The van der Waals surface area contributed by atoms with Crippen LogP contribution in [0.4, 0.5) is 0 Å². The Kier molecular flexibility index (Phi) is 41.7. The fourth-order valence-electron chi connectivity index (χ4n) is 5.33. The van der Waals surface area contributed by atoms with E-state index >= 15 is 0 Å². The van der Waals surface area contributed by atoms with Crippen LogP contribution in [0.2, 0.25) is 0 Å². The molecule has 0 heterocycles. The molecular weight excluding hydrogens is 762 g/mol. The number of carbonyl (C=O) groups is 2. The molecule has 0 saturated carbocycles. The van der Waals surface area contributed by atoms with Crippen molar-refractivity contribution in [2.45, 2.75) is 161 Å². The lowest BCUT2D eigenvalue weighted by Crippen LogP contribution is -2.29. The zero-order chi connectivity index (χ0) is 43.2. The number of unbranched alkanes of at least 4 members (excludes halogenated alkanes) is 9. The van der Waals surface area contributed by atoms with Gasteiger partial charge in [-0.25, -0.2) is 4.57 Å². The minimum atomic E-state index is -4.40. The Morgan fingerprint density at radius 1 is 0.525 bits per heavy atom. The van der Waals surface area contributed by atoms with E-state index in [4.69, 9.17) is 24.3 Å². The topological polar surface area (TPSA) is 134 Å². The molecule has 0 aromatic carbocycles. The van der Waals surface area contributed by atoms with Gasteiger partial charge in [-0.2, -0.15) is 0 Å². The summed E-state index contributed by atoms with van der Waals surface area (Å²) in [6, 6.07) is 0. The van der Waals surface area contributed by atoms with E-state index in [1.165, 1.54) is 12.8 Å². The van der Waals surface area contributed by atoms with Gasteiger partial charge in [0.2, 0.25) is 0 Å². The van der Waals surface area contributed by atoms with E-state index < -0.39 is 32.5 Å². The second-order valence-electron chi connectivity index (χ2n) is 14.2. The largest absolute Gasteiger partial charge is 0.472 e. The number of phosphoric acid groups is 1. The maximum Gasteiger partial charge on any atom is 0.472 e. The fourth-order valence-corrected chi connectivity index (χ4v) is 6.10. The van der Waals surface area contributed by atoms with Crippen molar-refractivity contribution in [3.63, 3.8) is 0 Å². The molecule has 334 valence electrons. The van der Waals surface area contributed by atoms with E-state index in [9.17, 15) is 19.0 Å². The SMILES string of the molecule is CC/C=C\C/C=C\C/C=C\C/C=C\C/C=C\C/C=C\C/C=C\C/C=C\CCCCC(=O)OC(COC(=O)CCCCCCC/C=C\CCCC)COP(=O)(O)OCCN. The van der Waals surface area contributed by atoms with Gasteiger partial charge in [-0.15, -0.1) is 0 Å². The smallest absolute Gasteiger partial charge is 0.462 e. The van der Waals surface area contributed by atoms with Gasteiger partial charge in [0, 0.05) is 19.4 Å². The van der Waals surface area contributed by atoms with Crippen LogP contribution in [-0.4, -0.2) is 49.3 Å². The molecule has 0 radical (unpaired) electrons. The van der Waals surface area contributed by atoms with Gasteiger partial charge in [0.1, 0.15) is 6.61 Å². The number of carbonyl (C=O) groups excluding carboxylic acids is 2. The van der Waals surface area contributed by atoms with Gasteiger partial charge >= 0.3 is 19.8 Å². The first-order valence-corrected chi connectivity index (χ1v) is 23.9. The van der Waals surface area contributed by atoms with Crippen LogP contribution in [-0.2, 0) is 32.7 Å². The van der Waals surface area contributed by atoms with E-state index in [1.54, 1.807) is 0 Å². The van der Waals surface area contributed by atoms with Crippen molar-refractivity contribution in [2.75, 3.05) is 26.4 Å². The van der Waals surface area contributed by atoms with Crippen molar-refractivity contribution in [1.82, 2.24) is 0 Å². The second kappa shape index (κ2) is 44.2. The molecule has 3 N–H and O–H groups in total. The highest BCUT2D eigenvalue weighted by atomic mass is 31.2. The lowest BCUT2D eigenvalue weighted by molar-refractivity contribution is -0.161. The molecule has 59 heavy (non-hydrogen) atoms. The summed E-state index contributed by atoms with van der Waals surface area (Å²) in [5, 5.41) is 0. The minimum Gasteiger partial charge on any atom is -0.462 e. The van der Waals surface area contributed by atoms with E-state index in [1.807, 2.05) is 0 Å². The molecule has 0 aromatic rings. The van der Waals surface area contributed by atoms with E-state index in [-0.39, 0.29) is 32.6 Å². The second-order valence-corrected chi connectivity index (χ2v) is 15.6. The van der Waals surface area contributed by atoms with Crippen LogP contribution >= 0.6 is 7.82 Å². The summed E-state index contributed by atoms with van der Waals surface area (Å²) in [4.78, 5) is 34.8. The van der Waals surface area contributed by atoms with Crippen molar-refractivity contribution >= 4 is 19.8 Å². The molecule has 2 unspecified atom stereocenters. The number of hydrogen-bond donors (Lipinski definition) is 2. The standard InChI is InChI=1S/C49H80NO8P/c1-3-5-7-9-11-13-15-16-17-18-19-20-21-22-23-24-25-26-27-28-29-30-32-34-36-38-40-42-49(52)58-47(46-57-59(53,54)56-44-43-50)45-55-48(51)41-39-37-35-33-31-14-12-10-8-6-4-2/h5,7,10-13,16-17,19-20,22-23,25-26,28-29,32,34,47H,3-4,6,8-9,14-15,18,21,24,27,30-31,33,35-46,50H2,1-2H3,(H,53,54)/b7-5-,12-10-,13-11-,17-16-,20-19-,23-22-,26-25-,29-28-,34-32-. The maximum absolute atomic E-state index is 12.6. The Morgan fingerprint density at radius 2 is 0.932 bits per heavy atom. The molecule has 2 atom stereocenters. The summed E-state index contributed by atoms with van der Waals surface area (Å²) < 4.78 is 32.7. The Labute approximate surface area is 359 Å². The Hall–Kier alpha value is -3.33. The van der Waals surface area contributed by atoms with Crippen LogP contribution in [0.1, 0.15) is 155 Å². The molecule has 0 amide bonds. The van der Waals surface area contributed by atoms with Crippen molar-refractivity contribution in [3.8, 4) is 0 Å². The van der Waals surface area contributed by atoms with Crippen molar-refractivity contribution in [1.29, 1.82) is 0 Å². The maximum atomic E-state index is 12.6. The Bertz CT molecular complexity index is 1330. The summed E-state index contributed by atoms with van der Waals surface area (Å²) in [7, 11) is -4.40. The molecule has 0 aliphatic rings. The monoisotopic (exact) mass is 842 g/mol. The number of ether oxygens (including phenoxy) is 2. The Balaban J connectivity index is 4.23. The van der Waals surface area contributed by atoms with Gasteiger partial charge in [-0.3, -0.25) is 18.6 Å². The number of esters is 2. The lowest BCUT2D eigenvalue weighted by Gasteiger charge is -2.19. The zero-order valence-electron chi connectivity index (χ0n) is 36.7.